The number of nitrogens with zero attached hydrogens (tertiary/aromatic N) is 3. The highest BCUT2D eigenvalue weighted by molar-refractivity contribution is 5.88. The molecule has 0 unspecified atom stereocenters. The molecular weight excluding hydrogens is 236 g/mol. The second kappa shape index (κ2) is 6.13. The Kier molecular flexibility index (Phi) is 4.82. The van der Waals surface area contributed by atoms with Gasteiger partial charge in [0.25, 0.3) is 0 Å². The number of carbonyl (C=O) groups excluding carboxylic acids is 2. The molecule has 0 saturated carbocycles. The summed E-state index contributed by atoms with van der Waals surface area (Å²) in [7, 11) is 1.28. The van der Waals surface area contributed by atoms with Gasteiger partial charge in [0.05, 0.1) is 12.8 Å². The number of esters is 1. The predicted octanol–water partition coefficient (Wildman–Crippen LogP) is 0.152. The Hall–Kier alpha value is -1.92. The average molecular weight is 254 g/mol. The average Bonchev–Trinajstić information content (AvgIpc) is 2.69. The third-order valence-corrected chi connectivity index (χ3v) is 2.29. The quantitative estimate of drug-likeness (QED) is 0.756. The van der Waals surface area contributed by atoms with Crippen molar-refractivity contribution in [2.24, 2.45) is 0 Å². The molecule has 0 radical (unpaired) electrons. The zero-order chi connectivity index (χ0) is 13.7. The normalized spacial score (nSPS) is 10.5. The highest BCUT2D eigenvalue weighted by atomic mass is 16.5. The van der Waals surface area contributed by atoms with Crippen molar-refractivity contribution in [3.05, 3.63) is 11.4 Å². The first-order valence-electron chi connectivity index (χ1n) is 5.79. The molecule has 0 aliphatic heterocycles. The summed E-state index contributed by atoms with van der Waals surface area (Å²) in [5.41, 5.74) is 0.762. The van der Waals surface area contributed by atoms with E-state index in [4.69, 9.17) is 0 Å². The SMILES string of the molecule is CCc1c(C(=O)OC)nnn1CC(=O)NC(C)C. The Labute approximate surface area is 105 Å². The van der Waals surface area contributed by atoms with Gasteiger partial charge < -0.3 is 10.1 Å². The van der Waals surface area contributed by atoms with Gasteiger partial charge in [0.15, 0.2) is 5.69 Å². The maximum atomic E-state index is 11.6. The minimum absolute atomic E-state index is 0.0470. The van der Waals surface area contributed by atoms with E-state index < -0.39 is 5.97 Å². The zero-order valence-corrected chi connectivity index (χ0v) is 11.1. The molecule has 100 valence electrons. The fourth-order valence-electron chi connectivity index (χ4n) is 1.57. The van der Waals surface area contributed by atoms with Gasteiger partial charge >= 0.3 is 5.97 Å². The fourth-order valence-corrected chi connectivity index (χ4v) is 1.57. The number of hydrogen-bond donors (Lipinski definition) is 1. The lowest BCUT2D eigenvalue weighted by Crippen LogP contribution is -2.33. The first-order chi connectivity index (χ1) is 8.49. The third kappa shape index (κ3) is 3.28. The zero-order valence-electron chi connectivity index (χ0n) is 11.1. The molecule has 1 N–H and O–H groups in total. The Bertz CT molecular complexity index is 439. The molecule has 18 heavy (non-hydrogen) atoms. The Morgan fingerprint density at radius 1 is 1.44 bits per heavy atom. The molecule has 7 heteroatoms. The first kappa shape index (κ1) is 14.1. The molecular formula is C11H18N4O3. The van der Waals surface area contributed by atoms with E-state index in [-0.39, 0.29) is 24.2 Å². The molecule has 1 aromatic heterocycles. The number of amides is 1. The van der Waals surface area contributed by atoms with Crippen molar-refractivity contribution in [2.45, 2.75) is 39.8 Å². The third-order valence-electron chi connectivity index (χ3n) is 2.29. The molecule has 0 aliphatic rings. The summed E-state index contributed by atoms with van der Waals surface area (Å²) in [6, 6.07) is 0.0613. The Morgan fingerprint density at radius 3 is 2.61 bits per heavy atom. The van der Waals surface area contributed by atoms with Gasteiger partial charge in [-0.05, 0) is 20.3 Å². The van der Waals surface area contributed by atoms with E-state index in [0.717, 1.165) is 0 Å². The van der Waals surface area contributed by atoms with Crippen LogP contribution in [0.15, 0.2) is 0 Å². The summed E-state index contributed by atoms with van der Waals surface area (Å²) < 4.78 is 6.03. The van der Waals surface area contributed by atoms with Crippen molar-refractivity contribution in [1.29, 1.82) is 0 Å². The number of nitrogens with one attached hydrogen (secondary N) is 1. The minimum Gasteiger partial charge on any atom is -0.464 e. The second-order valence-electron chi connectivity index (χ2n) is 4.11. The molecule has 0 spiro atoms. The molecule has 0 aromatic carbocycles. The Morgan fingerprint density at radius 2 is 2.11 bits per heavy atom. The summed E-state index contributed by atoms with van der Waals surface area (Å²) >= 11 is 0. The van der Waals surface area contributed by atoms with Crippen LogP contribution in [0, 0.1) is 0 Å². The van der Waals surface area contributed by atoms with Crippen molar-refractivity contribution < 1.29 is 14.3 Å². The number of methoxy groups -OCH3 is 1. The fraction of sp³-hybridized carbons (Fsp3) is 0.636. The number of ether oxygens (including phenoxy) is 1. The van der Waals surface area contributed by atoms with E-state index in [1.54, 1.807) is 0 Å². The summed E-state index contributed by atoms with van der Waals surface area (Å²) in [5.74, 6) is -0.705. The van der Waals surface area contributed by atoms with E-state index in [2.05, 4.69) is 20.4 Å². The molecule has 1 heterocycles. The van der Waals surface area contributed by atoms with Crippen LogP contribution in [0.3, 0.4) is 0 Å². The molecule has 7 nitrogen and oxygen atoms in total. The molecule has 0 aliphatic carbocycles. The van der Waals surface area contributed by atoms with Crippen LogP contribution >= 0.6 is 0 Å². The van der Waals surface area contributed by atoms with Crippen molar-refractivity contribution in [2.75, 3.05) is 7.11 Å². The lowest BCUT2D eigenvalue weighted by atomic mass is 10.2. The summed E-state index contributed by atoms with van der Waals surface area (Å²) in [6.07, 6.45) is 0.548. The van der Waals surface area contributed by atoms with Gasteiger partial charge in [-0.2, -0.15) is 0 Å². The van der Waals surface area contributed by atoms with Crippen molar-refractivity contribution >= 4 is 11.9 Å². The highest BCUT2D eigenvalue weighted by Crippen LogP contribution is 2.07. The molecule has 1 amide bonds. The second-order valence-corrected chi connectivity index (χ2v) is 4.11. The predicted molar refractivity (Wildman–Crippen MR) is 64.0 cm³/mol. The van der Waals surface area contributed by atoms with Gasteiger partial charge in [-0.1, -0.05) is 12.1 Å². The maximum Gasteiger partial charge on any atom is 0.360 e. The van der Waals surface area contributed by atoms with Crippen LogP contribution in [0.2, 0.25) is 0 Å². The van der Waals surface area contributed by atoms with Crippen molar-refractivity contribution in [3.8, 4) is 0 Å². The number of carbonyl (C=O) groups is 2. The van der Waals surface area contributed by atoms with Crippen LogP contribution in [0.25, 0.3) is 0 Å². The van der Waals surface area contributed by atoms with E-state index in [9.17, 15) is 9.59 Å². The van der Waals surface area contributed by atoms with Gasteiger partial charge in [0.2, 0.25) is 5.91 Å². The number of aromatic nitrogens is 3. The molecule has 0 bridgehead atoms. The molecule has 0 fully saturated rings. The topological polar surface area (TPSA) is 86.1 Å². The summed E-state index contributed by atoms with van der Waals surface area (Å²) in [5, 5.41) is 10.3. The van der Waals surface area contributed by atoms with Crippen LogP contribution in [0.5, 0.6) is 0 Å². The lowest BCUT2D eigenvalue weighted by Gasteiger charge is -2.09. The van der Waals surface area contributed by atoms with E-state index in [0.29, 0.717) is 12.1 Å². The van der Waals surface area contributed by atoms with Gasteiger partial charge in [0, 0.05) is 6.04 Å². The Balaban J connectivity index is 2.87. The maximum absolute atomic E-state index is 11.6. The van der Waals surface area contributed by atoms with Gasteiger partial charge in [-0.3, -0.25) is 4.79 Å². The van der Waals surface area contributed by atoms with E-state index in [1.165, 1.54) is 11.8 Å². The molecule has 0 saturated heterocycles. The van der Waals surface area contributed by atoms with Crippen molar-refractivity contribution in [3.63, 3.8) is 0 Å². The first-order valence-corrected chi connectivity index (χ1v) is 5.79. The standard InChI is InChI=1S/C11H18N4O3/c1-5-8-10(11(17)18-4)13-14-15(8)6-9(16)12-7(2)3/h7H,5-6H2,1-4H3,(H,12,16). The van der Waals surface area contributed by atoms with Crippen LogP contribution in [-0.2, 0) is 22.5 Å². The van der Waals surface area contributed by atoms with Gasteiger partial charge in [0.1, 0.15) is 6.54 Å². The van der Waals surface area contributed by atoms with Crippen LogP contribution in [0.1, 0.15) is 37.0 Å². The van der Waals surface area contributed by atoms with E-state index >= 15 is 0 Å². The number of rotatable bonds is 5. The van der Waals surface area contributed by atoms with E-state index in [1.807, 2.05) is 20.8 Å². The highest BCUT2D eigenvalue weighted by Gasteiger charge is 2.20. The molecule has 1 aromatic rings. The van der Waals surface area contributed by atoms with Gasteiger partial charge in [-0.25, -0.2) is 9.48 Å². The largest absolute Gasteiger partial charge is 0.464 e. The van der Waals surface area contributed by atoms with Gasteiger partial charge in [-0.15, -0.1) is 5.10 Å². The monoisotopic (exact) mass is 254 g/mol. The van der Waals surface area contributed by atoms with Crippen LogP contribution < -0.4 is 5.32 Å². The number of hydrogen-bond acceptors (Lipinski definition) is 5. The van der Waals surface area contributed by atoms with Crippen molar-refractivity contribution in [1.82, 2.24) is 20.3 Å². The molecule has 1 rings (SSSR count). The van der Waals surface area contributed by atoms with Crippen LogP contribution in [-0.4, -0.2) is 40.0 Å². The summed E-state index contributed by atoms with van der Waals surface area (Å²) in [6.45, 7) is 5.66. The van der Waals surface area contributed by atoms with Crippen LogP contribution in [0.4, 0.5) is 0 Å². The molecule has 0 atom stereocenters. The minimum atomic E-state index is -0.539. The summed E-state index contributed by atoms with van der Waals surface area (Å²) in [4.78, 5) is 23.1. The lowest BCUT2D eigenvalue weighted by molar-refractivity contribution is -0.122. The smallest absolute Gasteiger partial charge is 0.360 e.